The molecule has 0 unspecified atom stereocenters. The zero-order chi connectivity index (χ0) is 15.2. The summed E-state index contributed by atoms with van der Waals surface area (Å²) in [4.78, 5) is 34.2. The second-order valence-electron chi connectivity index (χ2n) is 5.45. The van der Waals surface area contributed by atoms with E-state index < -0.39 is 24.0 Å². The Balaban J connectivity index is 4.78. The van der Waals surface area contributed by atoms with Crippen molar-refractivity contribution in [2.24, 2.45) is 11.8 Å². The summed E-state index contributed by atoms with van der Waals surface area (Å²) in [5.41, 5.74) is 0. The maximum atomic E-state index is 12.0. The molecule has 110 valence electrons. The van der Waals surface area contributed by atoms with E-state index in [9.17, 15) is 14.4 Å². The molecule has 0 aliphatic carbocycles. The van der Waals surface area contributed by atoms with E-state index in [0.717, 1.165) is 0 Å². The fourth-order valence-electron chi connectivity index (χ4n) is 1.72. The van der Waals surface area contributed by atoms with Crippen LogP contribution in [0.5, 0.6) is 0 Å². The molecular formula is C13H24N2O4. The minimum atomic E-state index is -1.07. The average molecular weight is 272 g/mol. The molecule has 6 nitrogen and oxygen atoms in total. The van der Waals surface area contributed by atoms with Gasteiger partial charge in [0.15, 0.2) is 0 Å². The Morgan fingerprint density at radius 3 is 1.89 bits per heavy atom. The number of hydrogen-bond acceptors (Lipinski definition) is 3. The van der Waals surface area contributed by atoms with Gasteiger partial charge in [0.1, 0.15) is 12.1 Å². The Bertz CT molecular complexity index is 340. The van der Waals surface area contributed by atoms with Crippen LogP contribution in [-0.2, 0) is 14.4 Å². The summed E-state index contributed by atoms with van der Waals surface area (Å²) >= 11 is 0. The van der Waals surface area contributed by atoms with Gasteiger partial charge in [-0.15, -0.1) is 0 Å². The lowest BCUT2D eigenvalue weighted by Gasteiger charge is -2.23. The van der Waals surface area contributed by atoms with Crippen LogP contribution in [0, 0.1) is 11.8 Å². The highest BCUT2D eigenvalue weighted by Crippen LogP contribution is 2.07. The Morgan fingerprint density at radius 1 is 1.05 bits per heavy atom. The fourth-order valence-corrected chi connectivity index (χ4v) is 1.72. The fraction of sp³-hybridized carbons (Fsp3) is 0.769. The van der Waals surface area contributed by atoms with Crippen LogP contribution in [0.2, 0.25) is 0 Å². The molecule has 0 aromatic rings. The SMILES string of the molecule is CC(=O)N[C@@H](CC(C)C)C(=O)N[C@H](C(=O)O)C(C)C. The molecule has 0 spiro atoms. The van der Waals surface area contributed by atoms with Gasteiger partial charge in [-0.3, -0.25) is 9.59 Å². The first-order valence-corrected chi connectivity index (χ1v) is 6.45. The number of hydrogen-bond donors (Lipinski definition) is 3. The van der Waals surface area contributed by atoms with Crippen LogP contribution in [0.4, 0.5) is 0 Å². The highest BCUT2D eigenvalue weighted by atomic mass is 16.4. The lowest BCUT2D eigenvalue weighted by molar-refractivity contribution is -0.143. The van der Waals surface area contributed by atoms with E-state index in [-0.39, 0.29) is 17.7 Å². The quantitative estimate of drug-likeness (QED) is 0.637. The number of carbonyl (C=O) groups is 3. The lowest BCUT2D eigenvalue weighted by atomic mass is 10.0. The summed E-state index contributed by atoms with van der Waals surface area (Å²) in [5.74, 6) is -1.85. The smallest absolute Gasteiger partial charge is 0.326 e. The minimum Gasteiger partial charge on any atom is -0.480 e. The van der Waals surface area contributed by atoms with Gasteiger partial charge in [0.2, 0.25) is 11.8 Å². The molecule has 0 bridgehead atoms. The predicted molar refractivity (Wildman–Crippen MR) is 71.5 cm³/mol. The summed E-state index contributed by atoms with van der Waals surface area (Å²) in [6, 6.07) is -1.64. The third-order valence-electron chi connectivity index (χ3n) is 2.63. The second-order valence-corrected chi connectivity index (χ2v) is 5.45. The Morgan fingerprint density at radius 2 is 1.58 bits per heavy atom. The Hall–Kier alpha value is -1.59. The summed E-state index contributed by atoms with van der Waals surface area (Å²) in [6.07, 6.45) is 0.468. The Labute approximate surface area is 113 Å². The molecule has 19 heavy (non-hydrogen) atoms. The number of carbonyl (C=O) groups excluding carboxylic acids is 2. The van der Waals surface area contributed by atoms with Crippen LogP contribution in [0.1, 0.15) is 41.0 Å². The number of carboxylic acids is 1. The molecular weight excluding hydrogens is 248 g/mol. The molecule has 2 atom stereocenters. The highest BCUT2D eigenvalue weighted by molar-refractivity contribution is 5.90. The van der Waals surface area contributed by atoms with Crippen molar-refractivity contribution in [1.29, 1.82) is 0 Å². The molecule has 0 aromatic heterocycles. The minimum absolute atomic E-state index is 0.213. The average Bonchev–Trinajstić information content (AvgIpc) is 2.22. The van der Waals surface area contributed by atoms with Crippen molar-refractivity contribution in [2.75, 3.05) is 0 Å². The van der Waals surface area contributed by atoms with E-state index in [1.54, 1.807) is 13.8 Å². The number of carboxylic acid groups (broad SMARTS) is 1. The van der Waals surface area contributed by atoms with Crippen LogP contribution >= 0.6 is 0 Å². The third-order valence-corrected chi connectivity index (χ3v) is 2.63. The molecule has 6 heteroatoms. The summed E-state index contributed by atoms with van der Waals surface area (Å²) in [5, 5.41) is 14.1. The standard InChI is InChI=1S/C13H24N2O4/c1-7(2)6-10(14-9(5)16)12(17)15-11(8(3)4)13(18)19/h7-8,10-11H,6H2,1-5H3,(H,14,16)(H,15,17)(H,18,19)/t10-,11-/m0/s1. The van der Waals surface area contributed by atoms with Crippen molar-refractivity contribution in [3.05, 3.63) is 0 Å². The molecule has 0 saturated heterocycles. The molecule has 0 aliphatic rings. The second kappa shape index (κ2) is 7.76. The van der Waals surface area contributed by atoms with Gasteiger partial charge in [-0.2, -0.15) is 0 Å². The van der Waals surface area contributed by atoms with Crippen molar-refractivity contribution in [1.82, 2.24) is 10.6 Å². The number of amides is 2. The first kappa shape index (κ1) is 17.4. The van der Waals surface area contributed by atoms with Crippen LogP contribution in [-0.4, -0.2) is 35.0 Å². The van der Waals surface area contributed by atoms with E-state index in [2.05, 4.69) is 10.6 Å². The third kappa shape index (κ3) is 6.79. The van der Waals surface area contributed by atoms with Gasteiger partial charge >= 0.3 is 5.97 Å². The zero-order valence-electron chi connectivity index (χ0n) is 12.2. The maximum absolute atomic E-state index is 12.0. The molecule has 0 aliphatic heterocycles. The van der Waals surface area contributed by atoms with E-state index in [4.69, 9.17) is 5.11 Å². The number of aliphatic carboxylic acids is 1. The predicted octanol–water partition coefficient (Wildman–Crippen LogP) is 0.763. The van der Waals surface area contributed by atoms with Crippen LogP contribution in [0.15, 0.2) is 0 Å². The van der Waals surface area contributed by atoms with Crippen LogP contribution in [0.25, 0.3) is 0 Å². The molecule has 0 heterocycles. The number of nitrogens with one attached hydrogen (secondary N) is 2. The summed E-state index contributed by atoms with van der Waals surface area (Å²) < 4.78 is 0. The first-order valence-electron chi connectivity index (χ1n) is 6.45. The molecule has 0 saturated carbocycles. The lowest BCUT2D eigenvalue weighted by Crippen LogP contribution is -2.53. The zero-order valence-corrected chi connectivity index (χ0v) is 12.2. The van der Waals surface area contributed by atoms with E-state index >= 15 is 0 Å². The molecule has 0 aromatic carbocycles. The molecule has 0 rings (SSSR count). The largest absolute Gasteiger partial charge is 0.480 e. The van der Waals surface area contributed by atoms with Crippen molar-refractivity contribution in [2.45, 2.75) is 53.1 Å². The molecule has 0 radical (unpaired) electrons. The van der Waals surface area contributed by atoms with E-state index in [1.807, 2.05) is 13.8 Å². The van der Waals surface area contributed by atoms with Crippen molar-refractivity contribution in [3.63, 3.8) is 0 Å². The molecule has 2 amide bonds. The van der Waals surface area contributed by atoms with Crippen molar-refractivity contribution in [3.8, 4) is 0 Å². The van der Waals surface area contributed by atoms with Crippen molar-refractivity contribution >= 4 is 17.8 Å². The topological polar surface area (TPSA) is 95.5 Å². The first-order chi connectivity index (χ1) is 8.65. The van der Waals surface area contributed by atoms with E-state index in [0.29, 0.717) is 6.42 Å². The van der Waals surface area contributed by atoms with Gasteiger partial charge in [-0.1, -0.05) is 27.7 Å². The molecule has 0 fully saturated rings. The van der Waals surface area contributed by atoms with Gasteiger partial charge in [0, 0.05) is 6.92 Å². The van der Waals surface area contributed by atoms with Gasteiger partial charge in [0.25, 0.3) is 0 Å². The van der Waals surface area contributed by atoms with Gasteiger partial charge in [0.05, 0.1) is 0 Å². The van der Waals surface area contributed by atoms with Gasteiger partial charge < -0.3 is 15.7 Å². The van der Waals surface area contributed by atoms with Gasteiger partial charge in [-0.25, -0.2) is 4.79 Å². The van der Waals surface area contributed by atoms with Gasteiger partial charge in [-0.05, 0) is 18.3 Å². The summed E-state index contributed by atoms with van der Waals surface area (Å²) in [7, 11) is 0. The Kier molecular flexibility index (Phi) is 7.11. The maximum Gasteiger partial charge on any atom is 0.326 e. The number of rotatable bonds is 7. The van der Waals surface area contributed by atoms with Crippen molar-refractivity contribution < 1.29 is 19.5 Å². The van der Waals surface area contributed by atoms with E-state index in [1.165, 1.54) is 6.92 Å². The monoisotopic (exact) mass is 272 g/mol. The highest BCUT2D eigenvalue weighted by Gasteiger charge is 2.28. The summed E-state index contributed by atoms with van der Waals surface area (Å²) in [6.45, 7) is 8.63. The normalized spacial score (nSPS) is 14.1. The van der Waals surface area contributed by atoms with Crippen LogP contribution in [0.3, 0.4) is 0 Å². The van der Waals surface area contributed by atoms with Crippen LogP contribution < -0.4 is 10.6 Å². The molecule has 3 N–H and O–H groups in total.